The summed E-state index contributed by atoms with van der Waals surface area (Å²) >= 11 is 0. The van der Waals surface area contributed by atoms with Crippen LogP contribution in [0.4, 0.5) is 0 Å². The van der Waals surface area contributed by atoms with Gasteiger partial charge in [0.25, 0.3) is 0 Å². The molecule has 4 nitrogen and oxygen atoms in total. The molecular formula is C28H28O4. The van der Waals surface area contributed by atoms with Crippen LogP contribution in [0.5, 0.6) is 17.2 Å². The van der Waals surface area contributed by atoms with Crippen molar-refractivity contribution in [2.24, 2.45) is 0 Å². The van der Waals surface area contributed by atoms with Gasteiger partial charge >= 0.3 is 5.97 Å². The lowest BCUT2D eigenvalue weighted by molar-refractivity contribution is -0.131. The Morgan fingerprint density at radius 3 is 2.25 bits per heavy atom. The molecule has 3 aromatic rings. The normalized spacial score (nSPS) is 14.2. The van der Waals surface area contributed by atoms with Crippen molar-refractivity contribution in [3.8, 4) is 17.2 Å². The van der Waals surface area contributed by atoms with Crippen molar-refractivity contribution < 1.29 is 19.0 Å². The van der Waals surface area contributed by atoms with E-state index in [1.54, 1.807) is 19.2 Å². The Kier molecular flexibility index (Phi) is 6.90. The summed E-state index contributed by atoms with van der Waals surface area (Å²) in [7, 11) is 1.68. The maximum atomic E-state index is 11.2. The van der Waals surface area contributed by atoms with E-state index in [2.05, 4.69) is 30.3 Å². The SMILES string of the molecule is COc1ccc(C(=Cc2ccc(OC(C)=O)cc2)c2ccccc2)cc1OC1CCCC1. The zero-order valence-electron chi connectivity index (χ0n) is 18.5. The highest BCUT2D eigenvalue weighted by Gasteiger charge is 2.19. The Hall–Kier alpha value is -3.53. The molecule has 4 rings (SSSR count). The summed E-state index contributed by atoms with van der Waals surface area (Å²) in [5.74, 6) is 1.74. The summed E-state index contributed by atoms with van der Waals surface area (Å²) in [6.45, 7) is 1.40. The molecule has 0 radical (unpaired) electrons. The highest BCUT2D eigenvalue weighted by Crippen LogP contribution is 2.36. The molecule has 0 N–H and O–H groups in total. The van der Waals surface area contributed by atoms with Gasteiger partial charge in [-0.1, -0.05) is 48.5 Å². The first kappa shape index (κ1) is 21.7. The van der Waals surface area contributed by atoms with Crippen molar-refractivity contribution in [3.63, 3.8) is 0 Å². The molecule has 3 aromatic carbocycles. The van der Waals surface area contributed by atoms with Gasteiger partial charge < -0.3 is 14.2 Å². The molecule has 0 unspecified atom stereocenters. The van der Waals surface area contributed by atoms with Crippen molar-refractivity contribution >= 4 is 17.6 Å². The Morgan fingerprint density at radius 2 is 1.59 bits per heavy atom. The monoisotopic (exact) mass is 428 g/mol. The number of carbonyl (C=O) groups excluding carboxylic acids is 1. The van der Waals surface area contributed by atoms with Crippen LogP contribution in [-0.4, -0.2) is 19.2 Å². The van der Waals surface area contributed by atoms with Crippen LogP contribution < -0.4 is 14.2 Å². The molecule has 0 atom stereocenters. The van der Waals surface area contributed by atoms with E-state index in [1.165, 1.54) is 19.8 Å². The number of methoxy groups -OCH3 is 1. The predicted molar refractivity (Wildman–Crippen MR) is 127 cm³/mol. The number of hydrogen-bond donors (Lipinski definition) is 0. The molecule has 4 heteroatoms. The van der Waals surface area contributed by atoms with Crippen molar-refractivity contribution in [1.29, 1.82) is 0 Å². The summed E-state index contributed by atoms with van der Waals surface area (Å²) < 4.78 is 17.1. The first-order valence-corrected chi connectivity index (χ1v) is 11.0. The molecule has 0 heterocycles. The van der Waals surface area contributed by atoms with Gasteiger partial charge in [0.15, 0.2) is 11.5 Å². The third kappa shape index (κ3) is 5.38. The summed E-state index contributed by atoms with van der Waals surface area (Å²) in [5, 5.41) is 0. The van der Waals surface area contributed by atoms with Crippen LogP contribution >= 0.6 is 0 Å². The molecule has 32 heavy (non-hydrogen) atoms. The molecule has 0 spiro atoms. The van der Waals surface area contributed by atoms with Gasteiger partial charge in [0.1, 0.15) is 5.75 Å². The molecular weight excluding hydrogens is 400 g/mol. The summed E-state index contributed by atoms with van der Waals surface area (Å²) in [6.07, 6.45) is 6.98. The van der Waals surface area contributed by atoms with E-state index in [-0.39, 0.29) is 12.1 Å². The number of benzene rings is 3. The van der Waals surface area contributed by atoms with Gasteiger partial charge in [-0.25, -0.2) is 0 Å². The van der Waals surface area contributed by atoms with Crippen LogP contribution in [0.3, 0.4) is 0 Å². The summed E-state index contributed by atoms with van der Waals surface area (Å²) in [6, 6.07) is 23.9. The van der Waals surface area contributed by atoms with E-state index in [1.807, 2.05) is 36.4 Å². The van der Waals surface area contributed by atoms with Crippen LogP contribution in [0, 0.1) is 0 Å². The molecule has 1 fully saturated rings. The highest BCUT2D eigenvalue weighted by molar-refractivity contribution is 5.92. The fourth-order valence-electron chi connectivity index (χ4n) is 4.04. The second-order valence-corrected chi connectivity index (χ2v) is 7.98. The maximum Gasteiger partial charge on any atom is 0.308 e. The van der Waals surface area contributed by atoms with Crippen LogP contribution in [0.2, 0.25) is 0 Å². The van der Waals surface area contributed by atoms with Gasteiger partial charge in [0.2, 0.25) is 0 Å². The quantitative estimate of drug-likeness (QED) is 0.244. The molecule has 0 amide bonds. The van der Waals surface area contributed by atoms with Crippen LogP contribution in [0.25, 0.3) is 11.6 Å². The Balaban J connectivity index is 1.72. The largest absolute Gasteiger partial charge is 0.493 e. The molecule has 0 aliphatic heterocycles. The number of esters is 1. The van der Waals surface area contributed by atoms with E-state index >= 15 is 0 Å². The van der Waals surface area contributed by atoms with E-state index in [0.29, 0.717) is 5.75 Å². The third-order valence-electron chi connectivity index (χ3n) is 5.61. The zero-order valence-corrected chi connectivity index (χ0v) is 18.5. The second-order valence-electron chi connectivity index (χ2n) is 7.98. The lowest BCUT2D eigenvalue weighted by Crippen LogP contribution is -2.11. The molecule has 1 aliphatic carbocycles. The van der Waals surface area contributed by atoms with E-state index < -0.39 is 0 Å². The Bertz CT molecular complexity index is 1080. The van der Waals surface area contributed by atoms with Gasteiger partial charge in [-0.15, -0.1) is 0 Å². The summed E-state index contributed by atoms with van der Waals surface area (Å²) in [5.41, 5.74) is 4.24. The van der Waals surface area contributed by atoms with Gasteiger partial charge in [0, 0.05) is 6.92 Å². The molecule has 0 saturated heterocycles. The lowest BCUT2D eigenvalue weighted by Gasteiger charge is -2.18. The number of carbonyl (C=O) groups is 1. The van der Waals surface area contributed by atoms with E-state index in [4.69, 9.17) is 14.2 Å². The minimum Gasteiger partial charge on any atom is -0.493 e. The van der Waals surface area contributed by atoms with E-state index in [9.17, 15) is 4.79 Å². The molecule has 164 valence electrons. The molecule has 0 aromatic heterocycles. The van der Waals surface area contributed by atoms with Crippen LogP contribution in [0.1, 0.15) is 49.3 Å². The molecule has 1 saturated carbocycles. The first-order chi connectivity index (χ1) is 15.6. The zero-order chi connectivity index (χ0) is 22.3. The maximum absolute atomic E-state index is 11.2. The second kappa shape index (κ2) is 10.2. The van der Waals surface area contributed by atoms with Crippen LogP contribution in [0.15, 0.2) is 72.8 Å². The van der Waals surface area contributed by atoms with Gasteiger partial charge in [0.05, 0.1) is 13.2 Å². The summed E-state index contributed by atoms with van der Waals surface area (Å²) in [4.78, 5) is 11.2. The third-order valence-corrected chi connectivity index (χ3v) is 5.61. The minimum absolute atomic E-state index is 0.247. The fourth-order valence-corrected chi connectivity index (χ4v) is 4.04. The molecule has 1 aliphatic rings. The number of rotatable bonds is 7. The smallest absolute Gasteiger partial charge is 0.308 e. The number of hydrogen-bond acceptors (Lipinski definition) is 4. The number of ether oxygens (including phenoxy) is 3. The average Bonchev–Trinajstić information content (AvgIpc) is 3.32. The highest BCUT2D eigenvalue weighted by atomic mass is 16.5. The van der Waals surface area contributed by atoms with Gasteiger partial charge in [-0.05, 0) is 78.3 Å². The lowest BCUT2D eigenvalue weighted by atomic mass is 9.95. The fraction of sp³-hybridized carbons (Fsp3) is 0.250. The van der Waals surface area contributed by atoms with Crippen molar-refractivity contribution in [2.45, 2.75) is 38.7 Å². The van der Waals surface area contributed by atoms with Crippen molar-refractivity contribution in [3.05, 3.63) is 89.5 Å². The van der Waals surface area contributed by atoms with Gasteiger partial charge in [-0.2, -0.15) is 0 Å². The van der Waals surface area contributed by atoms with Crippen molar-refractivity contribution in [2.75, 3.05) is 7.11 Å². The van der Waals surface area contributed by atoms with Gasteiger partial charge in [-0.3, -0.25) is 4.79 Å². The average molecular weight is 429 g/mol. The van der Waals surface area contributed by atoms with Crippen LogP contribution in [-0.2, 0) is 4.79 Å². The first-order valence-electron chi connectivity index (χ1n) is 11.0. The van der Waals surface area contributed by atoms with Crippen molar-refractivity contribution in [1.82, 2.24) is 0 Å². The predicted octanol–water partition coefficient (Wildman–Crippen LogP) is 6.53. The Morgan fingerprint density at radius 1 is 0.875 bits per heavy atom. The topological polar surface area (TPSA) is 44.8 Å². The molecule has 0 bridgehead atoms. The Labute approximate surface area is 189 Å². The standard InChI is InChI=1S/C28H28O4/c1-20(29)31-25-15-12-21(13-16-25)18-26(22-8-4-3-5-9-22)23-14-17-27(30-2)28(19-23)32-24-10-6-7-11-24/h3-5,8-9,12-19,24H,6-7,10-11H2,1-2H3. The van der Waals surface area contributed by atoms with E-state index in [0.717, 1.165) is 46.6 Å². The minimum atomic E-state index is -0.328.